The lowest BCUT2D eigenvalue weighted by molar-refractivity contribution is -0.120. The zero-order chi connectivity index (χ0) is 18.4. The maximum Gasteiger partial charge on any atom is 0.244 e. The maximum absolute atomic E-state index is 12.3. The number of rotatable bonds is 6. The number of nitrogens with one attached hydrogen (secondary N) is 1. The predicted molar refractivity (Wildman–Crippen MR) is 100 cm³/mol. The van der Waals surface area contributed by atoms with Crippen LogP contribution in [-0.4, -0.2) is 25.5 Å². The molecule has 0 fully saturated rings. The Hall–Kier alpha value is -2.53. The van der Waals surface area contributed by atoms with E-state index in [1.54, 1.807) is 18.2 Å². The van der Waals surface area contributed by atoms with Crippen LogP contribution in [0.4, 0.5) is 11.4 Å². The van der Waals surface area contributed by atoms with Crippen LogP contribution in [-0.2, 0) is 16.0 Å². The highest BCUT2D eigenvalue weighted by Gasteiger charge is 2.17. The van der Waals surface area contributed by atoms with E-state index in [-0.39, 0.29) is 18.4 Å². The summed E-state index contributed by atoms with van der Waals surface area (Å²) >= 11 is 6.11. The summed E-state index contributed by atoms with van der Waals surface area (Å²) in [6, 6.07) is 12.6. The number of carbonyl (C=O) groups excluding carboxylic acids is 2. The largest absolute Gasteiger partial charge is 0.495 e. The fraction of sp³-hybridized carbons (Fsp3) is 0.263. The fourth-order valence-electron chi connectivity index (χ4n) is 2.38. The summed E-state index contributed by atoms with van der Waals surface area (Å²) < 4.78 is 5.10. The smallest absolute Gasteiger partial charge is 0.244 e. The molecule has 2 aromatic carbocycles. The van der Waals surface area contributed by atoms with Crippen LogP contribution in [0.5, 0.6) is 5.75 Å². The van der Waals surface area contributed by atoms with Gasteiger partial charge in [-0.3, -0.25) is 9.59 Å². The molecule has 132 valence electrons. The molecule has 0 aliphatic heterocycles. The van der Waals surface area contributed by atoms with Crippen LogP contribution in [0, 0.1) is 0 Å². The van der Waals surface area contributed by atoms with E-state index in [4.69, 9.17) is 16.3 Å². The molecule has 0 unspecified atom stereocenters. The van der Waals surface area contributed by atoms with Crippen LogP contribution >= 0.6 is 11.6 Å². The molecule has 0 bridgehead atoms. The lowest BCUT2D eigenvalue weighted by Gasteiger charge is -2.21. The average Bonchev–Trinajstić information content (AvgIpc) is 2.60. The normalized spacial score (nSPS) is 10.2. The van der Waals surface area contributed by atoms with Gasteiger partial charge in [-0.2, -0.15) is 0 Å². The highest BCUT2D eigenvalue weighted by atomic mass is 35.5. The monoisotopic (exact) mass is 360 g/mol. The Balaban J connectivity index is 2.11. The fourth-order valence-corrected chi connectivity index (χ4v) is 2.63. The van der Waals surface area contributed by atoms with E-state index in [0.29, 0.717) is 22.1 Å². The number of aryl methyl sites for hydroxylation is 1. The maximum atomic E-state index is 12.3. The number of benzene rings is 2. The summed E-state index contributed by atoms with van der Waals surface area (Å²) in [4.78, 5) is 25.6. The van der Waals surface area contributed by atoms with E-state index in [2.05, 4.69) is 12.2 Å². The lowest BCUT2D eigenvalue weighted by atomic mass is 10.1. The molecule has 0 saturated carbocycles. The Kier molecular flexibility index (Phi) is 6.42. The van der Waals surface area contributed by atoms with Gasteiger partial charge >= 0.3 is 0 Å². The van der Waals surface area contributed by atoms with E-state index in [1.807, 2.05) is 24.3 Å². The van der Waals surface area contributed by atoms with Crippen molar-refractivity contribution in [2.24, 2.45) is 0 Å². The number of methoxy groups -OCH3 is 1. The summed E-state index contributed by atoms with van der Waals surface area (Å²) in [5.74, 6) is -0.0292. The molecule has 5 nitrogen and oxygen atoms in total. The molecule has 0 aromatic heterocycles. The average molecular weight is 361 g/mol. The van der Waals surface area contributed by atoms with E-state index < -0.39 is 0 Å². The Morgan fingerprint density at radius 1 is 1.16 bits per heavy atom. The molecule has 1 N–H and O–H groups in total. The van der Waals surface area contributed by atoms with Gasteiger partial charge in [-0.05, 0) is 42.3 Å². The molecule has 2 amide bonds. The molecular weight excluding hydrogens is 340 g/mol. The number of amides is 2. The number of nitrogens with zero attached hydrogens (tertiary/aromatic N) is 1. The minimum Gasteiger partial charge on any atom is -0.495 e. The Morgan fingerprint density at radius 3 is 2.36 bits per heavy atom. The first-order chi connectivity index (χ1) is 11.9. The second-order valence-electron chi connectivity index (χ2n) is 5.52. The molecule has 0 radical (unpaired) electrons. The van der Waals surface area contributed by atoms with Crippen molar-refractivity contribution in [1.29, 1.82) is 0 Å². The molecule has 2 aromatic rings. The van der Waals surface area contributed by atoms with Crippen LogP contribution in [0.2, 0.25) is 5.02 Å². The summed E-state index contributed by atoms with van der Waals surface area (Å²) in [5.41, 5.74) is 2.42. The first-order valence-corrected chi connectivity index (χ1v) is 8.32. The van der Waals surface area contributed by atoms with Gasteiger partial charge in [-0.25, -0.2) is 0 Å². The summed E-state index contributed by atoms with van der Waals surface area (Å²) in [7, 11) is 1.51. The van der Waals surface area contributed by atoms with E-state index in [1.165, 1.54) is 24.5 Å². The predicted octanol–water partition coefficient (Wildman–Crippen LogP) is 3.90. The van der Waals surface area contributed by atoms with Crippen molar-refractivity contribution in [2.75, 3.05) is 23.9 Å². The molecule has 0 atom stereocenters. The van der Waals surface area contributed by atoms with Gasteiger partial charge < -0.3 is 15.0 Å². The third-order valence-corrected chi connectivity index (χ3v) is 4.07. The summed E-state index contributed by atoms with van der Waals surface area (Å²) in [6.07, 6.45) is 0.935. The minimum absolute atomic E-state index is 0.104. The third-order valence-electron chi connectivity index (χ3n) is 3.77. The number of halogens is 1. The topological polar surface area (TPSA) is 58.6 Å². The number of hydrogen-bond donors (Lipinski definition) is 1. The van der Waals surface area contributed by atoms with Crippen molar-refractivity contribution in [2.45, 2.75) is 20.3 Å². The van der Waals surface area contributed by atoms with Crippen LogP contribution in [0.1, 0.15) is 19.4 Å². The molecule has 0 spiro atoms. The van der Waals surface area contributed by atoms with Gasteiger partial charge in [-0.15, -0.1) is 0 Å². The van der Waals surface area contributed by atoms with E-state index in [0.717, 1.165) is 6.42 Å². The lowest BCUT2D eigenvalue weighted by Crippen LogP contribution is -2.36. The number of anilines is 2. The van der Waals surface area contributed by atoms with Gasteiger partial charge in [0.1, 0.15) is 12.3 Å². The molecule has 0 saturated heterocycles. The van der Waals surface area contributed by atoms with Gasteiger partial charge in [-0.1, -0.05) is 30.7 Å². The van der Waals surface area contributed by atoms with Crippen LogP contribution < -0.4 is 15.0 Å². The molecule has 6 heteroatoms. The zero-order valence-corrected chi connectivity index (χ0v) is 15.3. The van der Waals surface area contributed by atoms with Gasteiger partial charge in [0, 0.05) is 18.3 Å². The van der Waals surface area contributed by atoms with Crippen molar-refractivity contribution in [3.63, 3.8) is 0 Å². The first kappa shape index (κ1) is 18.8. The van der Waals surface area contributed by atoms with Crippen molar-refractivity contribution in [3.8, 4) is 5.75 Å². The quantitative estimate of drug-likeness (QED) is 0.849. The summed E-state index contributed by atoms with van der Waals surface area (Å²) in [5, 5.41) is 3.17. The highest BCUT2D eigenvalue weighted by Crippen LogP contribution is 2.29. The molecule has 2 rings (SSSR count). The second kappa shape index (κ2) is 8.53. The number of hydrogen-bond acceptors (Lipinski definition) is 3. The van der Waals surface area contributed by atoms with Gasteiger partial charge in [0.25, 0.3) is 0 Å². The second-order valence-corrected chi connectivity index (χ2v) is 5.93. The Morgan fingerprint density at radius 2 is 1.84 bits per heavy atom. The number of carbonyl (C=O) groups is 2. The van der Waals surface area contributed by atoms with E-state index in [9.17, 15) is 9.59 Å². The van der Waals surface area contributed by atoms with E-state index >= 15 is 0 Å². The van der Waals surface area contributed by atoms with Gasteiger partial charge in [0.15, 0.2) is 0 Å². The number of ether oxygens (including phenoxy) is 1. The van der Waals surface area contributed by atoms with Crippen LogP contribution in [0.15, 0.2) is 42.5 Å². The Labute approximate surface area is 152 Å². The van der Waals surface area contributed by atoms with Crippen molar-refractivity contribution in [3.05, 3.63) is 53.1 Å². The van der Waals surface area contributed by atoms with Gasteiger partial charge in [0.2, 0.25) is 11.8 Å². The highest BCUT2D eigenvalue weighted by molar-refractivity contribution is 6.32. The van der Waals surface area contributed by atoms with Crippen molar-refractivity contribution >= 4 is 34.8 Å². The van der Waals surface area contributed by atoms with Crippen LogP contribution in [0.3, 0.4) is 0 Å². The SMILES string of the molecule is CCc1ccc(NC(=O)CN(C(C)=O)c2ccc(OC)c(Cl)c2)cc1. The Bertz CT molecular complexity index is 760. The standard InChI is InChI=1S/C19H21ClN2O3/c1-4-14-5-7-15(8-6-14)21-19(24)12-22(13(2)23)16-9-10-18(25-3)17(20)11-16/h5-11H,4,12H2,1-3H3,(H,21,24). The van der Waals surface area contributed by atoms with Crippen LogP contribution in [0.25, 0.3) is 0 Å². The van der Waals surface area contributed by atoms with Crippen molar-refractivity contribution < 1.29 is 14.3 Å². The van der Waals surface area contributed by atoms with Crippen molar-refractivity contribution in [1.82, 2.24) is 0 Å². The zero-order valence-electron chi connectivity index (χ0n) is 14.5. The molecule has 25 heavy (non-hydrogen) atoms. The molecule has 0 heterocycles. The molecular formula is C19H21ClN2O3. The minimum atomic E-state index is -0.286. The molecule has 0 aliphatic rings. The summed E-state index contributed by atoms with van der Waals surface area (Å²) in [6.45, 7) is 3.37. The first-order valence-electron chi connectivity index (χ1n) is 7.95. The third kappa shape index (κ3) is 4.97. The van der Waals surface area contributed by atoms with Gasteiger partial charge in [0.05, 0.1) is 12.1 Å². The molecule has 0 aliphatic carbocycles.